The predicted molar refractivity (Wildman–Crippen MR) is 89.6 cm³/mol. The Kier molecular flexibility index (Phi) is 6.43. The van der Waals surface area contributed by atoms with E-state index in [4.69, 9.17) is 9.84 Å². The first-order chi connectivity index (χ1) is 10.7. The minimum absolute atomic E-state index is 0.0117. The Labute approximate surface area is 134 Å². The second-order valence-corrected chi connectivity index (χ2v) is 6.38. The minimum Gasteiger partial charge on any atom is -0.491 e. The summed E-state index contributed by atoms with van der Waals surface area (Å²) in [4.78, 5) is 14.5. The van der Waals surface area contributed by atoms with Crippen LogP contribution in [0.2, 0.25) is 0 Å². The summed E-state index contributed by atoms with van der Waals surface area (Å²) in [5.41, 5.74) is 0.758. The summed E-state index contributed by atoms with van der Waals surface area (Å²) < 4.78 is 5.27. The van der Waals surface area contributed by atoms with Crippen LogP contribution in [0, 0.1) is 6.92 Å². The van der Waals surface area contributed by atoms with Crippen molar-refractivity contribution in [3.63, 3.8) is 0 Å². The largest absolute Gasteiger partial charge is 0.491 e. The third kappa shape index (κ3) is 5.50. The number of hydrogen-bond donors (Lipinski definition) is 2. The number of carbonyl (C=O) groups excluding carboxylic acids is 1. The summed E-state index contributed by atoms with van der Waals surface area (Å²) in [6.45, 7) is 2.35. The lowest BCUT2D eigenvalue weighted by molar-refractivity contribution is -0.116. The van der Waals surface area contributed by atoms with E-state index < -0.39 is 0 Å². The summed E-state index contributed by atoms with van der Waals surface area (Å²) in [5.74, 6) is 0.706. The van der Waals surface area contributed by atoms with Gasteiger partial charge in [0.25, 0.3) is 0 Å². The second-order valence-electron chi connectivity index (χ2n) is 5.01. The number of carbonyl (C=O) groups is 1. The van der Waals surface area contributed by atoms with Gasteiger partial charge in [-0.2, -0.15) is 0 Å². The lowest BCUT2D eigenvalue weighted by atomic mass is 10.2. The van der Waals surface area contributed by atoms with Crippen LogP contribution >= 0.6 is 11.3 Å². The van der Waals surface area contributed by atoms with E-state index in [0.29, 0.717) is 12.2 Å². The fourth-order valence-electron chi connectivity index (χ4n) is 2.06. The smallest absolute Gasteiger partial charge is 0.224 e. The van der Waals surface area contributed by atoms with Crippen molar-refractivity contribution in [2.75, 3.05) is 18.5 Å². The van der Waals surface area contributed by atoms with Crippen molar-refractivity contribution in [1.29, 1.82) is 0 Å². The molecule has 0 unspecified atom stereocenters. The Balaban J connectivity index is 1.72. The lowest BCUT2D eigenvalue weighted by Gasteiger charge is -2.07. The fraction of sp³-hybridized carbons (Fsp3) is 0.353. The van der Waals surface area contributed by atoms with Crippen molar-refractivity contribution in [3.8, 4) is 5.75 Å². The van der Waals surface area contributed by atoms with Crippen LogP contribution in [-0.2, 0) is 11.2 Å². The molecule has 0 aliphatic carbocycles. The third-order valence-corrected chi connectivity index (χ3v) is 4.18. The predicted octanol–water partition coefficient (Wildman–Crippen LogP) is 3.39. The number of hydrogen-bond acceptors (Lipinski definition) is 4. The van der Waals surface area contributed by atoms with Gasteiger partial charge in [-0.15, -0.1) is 11.3 Å². The van der Waals surface area contributed by atoms with Crippen molar-refractivity contribution < 1.29 is 14.6 Å². The van der Waals surface area contributed by atoms with Gasteiger partial charge in [0, 0.05) is 21.9 Å². The average molecular weight is 319 g/mol. The summed E-state index contributed by atoms with van der Waals surface area (Å²) in [6, 6.07) is 11.4. The van der Waals surface area contributed by atoms with Crippen LogP contribution < -0.4 is 10.1 Å². The highest BCUT2D eigenvalue weighted by atomic mass is 32.1. The van der Waals surface area contributed by atoms with E-state index in [2.05, 4.69) is 24.4 Å². The molecule has 0 spiro atoms. The van der Waals surface area contributed by atoms with Crippen molar-refractivity contribution >= 4 is 22.9 Å². The molecule has 0 fully saturated rings. The van der Waals surface area contributed by atoms with Gasteiger partial charge in [0.1, 0.15) is 12.4 Å². The number of thiophene rings is 1. The van der Waals surface area contributed by atoms with Gasteiger partial charge in [-0.05, 0) is 56.2 Å². The zero-order valence-corrected chi connectivity index (χ0v) is 13.5. The normalized spacial score (nSPS) is 10.5. The van der Waals surface area contributed by atoms with E-state index in [1.165, 1.54) is 9.75 Å². The minimum atomic E-state index is -0.0117. The van der Waals surface area contributed by atoms with Crippen LogP contribution in [0.1, 0.15) is 22.6 Å². The van der Waals surface area contributed by atoms with Gasteiger partial charge in [0.05, 0.1) is 6.61 Å². The van der Waals surface area contributed by atoms with E-state index in [1.807, 2.05) is 0 Å². The molecule has 2 rings (SSSR count). The van der Waals surface area contributed by atoms with Gasteiger partial charge < -0.3 is 15.2 Å². The van der Waals surface area contributed by atoms with Crippen LogP contribution in [0.4, 0.5) is 5.69 Å². The number of rotatable bonds is 8. The molecular formula is C17H21NO3S. The van der Waals surface area contributed by atoms with E-state index in [9.17, 15) is 4.79 Å². The van der Waals surface area contributed by atoms with Gasteiger partial charge in [-0.25, -0.2) is 0 Å². The first kappa shape index (κ1) is 16.5. The Bertz CT molecular complexity index is 592. The molecule has 118 valence electrons. The standard InChI is InChI=1S/C17H21NO3S/c1-13-5-10-16(22-13)3-2-4-17(20)18-14-6-8-15(9-7-14)21-12-11-19/h5-10,19H,2-4,11-12H2,1H3,(H,18,20). The van der Waals surface area contributed by atoms with Gasteiger partial charge in [-0.1, -0.05) is 0 Å². The van der Waals surface area contributed by atoms with Crippen molar-refractivity contribution in [2.45, 2.75) is 26.2 Å². The molecule has 0 saturated carbocycles. The fourth-order valence-corrected chi connectivity index (χ4v) is 3.00. The molecule has 2 aromatic rings. The molecule has 1 amide bonds. The first-order valence-corrected chi connectivity index (χ1v) is 8.18. The third-order valence-electron chi connectivity index (χ3n) is 3.12. The Morgan fingerprint density at radius 3 is 2.64 bits per heavy atom. The Hall–Kier alpha value is -1.85. The van der Waals surface area contributed by atoms with E-state index in [-0.39, 0.29) is 19.1 Å². The number of aliphatic hydroxyl groups is 1. The maximum absolute atomic E-state index is 11.9. The SMILES string of the molecule is Cc1ccc(CCCC(=O)Nc2ccc(OCCO)cc2)s1. The molecule has 2 N–H and O–H groups in total. The molecule has 0 aliphatic rings. The van der Waals surface area contributed by atoms with Crippen molar-refractivity contribution in [2.24, 2.45) is 0 Å². The van der Waals surface area contributed by atoms with Gasteiger partial charge in [-0.3, -0.25) is 4.79 Å². The van der Waals surface area contributed by atoms with Crippen molar-refractivity contribution in [1.82, 2.24) is 0 Å². The van der Waals surface area contributed by atoms with Crippen LogP contribution in [0.3, 0.4) is 0 Å². The molecule has 0 atom stereocenters. The van der Waals surface area contributed by atoms with Gasteiger partial charge in [0.2, 0.25) is 5.91 Å². The lowest BCUT2D eigenvalue weighted by Crippen LogP contribution is -2.11. The monoisotopic (exact) mass is 319 g/mol. The number of aryl methyl sites for hydroxylation is 2. The number of amides is 1. The van der Waals surface area contributed by atoms with Crippen LogP contribution in [0.5, 0.6) is 5.75 Å². The molecule has 1 heterocycles. The molecule has 1 aromatic heterocycles. The van der Waals surface area contributed by atoms with Crippen LogP contribution in [0.25, 0.3) is 0 Å². The summed E-state index contributed by atoms with van der Waals surface area (Å²) in [6.07, 6.45) is 2.31. The molecule has 0 saturated heterocycles. The Morgan fingerprint density at radius 2 is 2.00 bits per heavy atom. The highest BCUT2D eigenvalue weighted by Crippen LogP contribution is 2.18. The molecule has 0 aliphatic heterocycles. The molecule has 5 heteroatoms. The second kappa shape index (κ2) is 8.56. The number of anilines is 1. The summed E-state index contributed by atoms with van der Waals surface area (Å²) >= 11 is 1.79. The molecular weight excluding hydrogens is 298 g/mol. The zero-order chi connectivity index (χ0) is 15.8. The number of aliphatic hydroxyl groups excluding tert-OH is 1. The van der Waals surface area contributed by atoms with Gasteiger partial charge >= 0.3 is 0 Å². The Morgan fingerprint density at radius 1 is 1.23 bits per heavy atom. The molecule has 4 nitrogen and oxygen atoms in total. The summed E-state index contributed by atoms with van der Waals surface area (Å²) in [5, 5.41) is 11.6. The molecule has 0 radical (unpaired) electrons. The summed E-state index contributed by atoms with van der Waals surface area (Å²) in [7, 11) is 0. The van der Waals surface area contributed by atoms with Crippen LogP contribution in [0.15, 0.2) is 36.4 Å². The zero-order valence-electron chi connectivity index (χ0n) is 12.7. The van der Waals surface area contributed by atoms with E-state index >= 15 is 0 Å². The quantitative estimate of drug-likeness (QED) is 0.784. The maximum Gasteiger partial charge on any atom is 0.224 e. The molecule has 1 aromatic carbocycles. The highest BCUT2D eigenvalue weighted by Gasteiger charge is 2.04. The first-order valence-electron chi connectivity index (χ1n) is 7.36. The highest BCUT2D eigenvalue weighted by molar-refractivity contribution is 7.11. The van der Waals surface area contributed by atoms with Gasteiger partial charge in [0.15, 0.2) is 0 Å². The number of nitrogens with one attached hydrogen (secondary N) is 1. The average Bonchev–Trinajstić information content (AvgIpc) is 2.92. The van der Waals surface area contributed by atoms with Crippen molar-refractivity contribution in [3.05, 3.63) is 46.2 Å². The van der Waals surface area contributed by atoms with Crippen LogP contribution in [-0.4, -0.2) is 24.2 Å². The maximum atomic E-state index is 11.9. The topological polar surface area (TPSA) is 58.6 Å². The number of ether oxygens (including phenoxy) is 1. The van der Waals surface area contributed by atoms with E-state index in [0.717, 1.165) is 18.5 Å². The molecule has 22 heavy (non-hydrogen) atoms. The number of benzene rings is 1. The van der Waals surface area contributed by atoms with E-state index in [1.54, 1.807) is 35.6 Å². The molecule has 0 bridgehead atoms.